The minimum Gasteiger partial charge on any atom is -0.394 e. The molecule has 0 aromatic heterocycles. The minimum atomic E-state index is -0.978. The van der Waals surface area contributed by atoms with Gasteiger partial charge in [-0.25, -0.2) is 0 Å². The molecule has 3 N–H and O–H groups in total. The van der Waals surface area contributed by atoms with Gasteiger partial charge in [0.2, 0.25) is 0 Å². The van der Waals surface area contributed by atoms with Crippen LogP contribution in [0.15, 0.2) is 12.2 Å². The molecule has 26 heavy (non-hydrogen) atoms. The summed E-state index contributed by atoms with van der Waals surface area (Å²) in [5.74, 6) is 0. The molecule has 0 aliphatic carbocycles. The zero-order valence-electron chi connectivity index (χ0n) is 16.5. The molecule has 0 saturated carbocycles. The Morgan fingerprint density at radius 1 is 0.923 bits per heavy atom. The molecule has 0 bridgehead atoms. The van der Waals surface area contributed by atoms with Gasteiger partial charge >= 0.3 is 0 Å². The largest absolute Gasteiger partial charge is 0.394 e. The third-order valence-electron chi connectivity index (χ3n) is 4.97. The first-order valence-electron chi connectivity index (χ1n) is 10.6. The topological polar surface area (TPSA) is 79.2 Å². The van der Waals surface area contributed by atoms with E-state index in [0.717, 1.165) is 25.7 Å². The maximum Gasteiger partial charge on any atom is 0.114 e. The summed E-state index contributed by atoms with van der Waals surface area (Å²) < 4.78 is 10.8. The van der Waals surface area contributed by atoms with Gasteiger partial charge in [-0.3, -0.25) is 0 Å². The maximum absolute atomic E-state index is 10.0. The Morgan fingerprint density at radius 2 is 1.54 bits per heavy atom. The van der Waals surface area contributed by atoms with Crippen LogP contribution in [0.3, 0.4) is 0 Å². The second-order valence-corrected chi connectivity index (χ2v) is 7.32. The first-order valence-corrected chi connectivity index (χ1v) is 10.6. The van der Waals surface area contributed by atoms with E-state index < -0.39 is 24.4 Å². The molecule has 1 heterocycles. The predicted molar refractivity (Wildman–Crippen MR) is 104 cm³/mol. The zero-order valence-corrected chi connectivity index (χ0v) is 16.5. The fraction of sp³-hybridized carbons (Fsp3) is 0.905. The SMILES string of the molecule is CCCCCCCC/C=C/CCCCCO[C@@H]1[C@@H](O)[C@H](CO)OC[C@H]1O. The highest BCUT2D eigenvalue weighted by atomic mass is 16.6. The lowest BCUT2D eigenvalue weighted by molar-refractivity contribution is -0.210. The standard InChI is InChI=1S/C21H40O5/c1-2-3-4-5-6-7-8-9-10-11-12-13-14-15-25-21-18(23)17-26-19(16-22)20(21)24/h9-10,18-24H,2-8,11-17H2,1H3/b10-9+/t18-,19+,20+,21+/m1/s1. The van der Waals surface area contributed by atoms with Gasteiger partial charge in [-0.2, -0.15) is 0 Å². The second-order valence-electron chi connectivity index (χ2n) is 7.32. The van der Waals surface area contributed by atoms with Gasteiger partial charge in [0.1, 0.15) is 24.4 Å². The van der Waals surface area contributed by atoms with Crippen LogP contribution in [0.2, 0.25) is 0 Å². The minimum absolute atomic E-state index is 0.0936. The summed E-state index contributed by atoms with van der Waals surface area (Å²) >= 11 is 0. The van der Waals surface area contributed by atoms with Crippen molar-refractivity contribution in [2.45, 2.75) is 102 Å². The van der Waals surface area contributed by atoms with E-state index in [2.05, 4.69) is 19.1 Å². The van der Waals surface area contributed by atoms with Crippen LogP contribution in [0.5, 0.6) is 0 Å². The monoisotopic (exact) mass is 372 g/mol. The van der Waals surface area contributed by atoms with Crippen molar-refractivity contribution in [2.75, 3.05) is 19.8 Å². The van der Waals surface area contributed by atoms with Gasteiger partial charge in [0, 0.05) is 6.61 Å². The summed E-state index contributed by atoms with van der Waals surface area (Å²) in [7, 11) is 0. The lowest BCUT2D eigenvalue weighted by Crippen LogP contribution is -2.55. The Balaban J connectivity index is 1.95. The Morgan fingerprint density at radius 3 is 2.19 bits per heavy atom. The number of ether oxygens (including phenoxy) is 2. The van der Waals surface area contributed by atoms with Crippen LogP contribution >= 0.6 is 0 Å². The molecule has 0 amide bonds. The third-order valence-corrected chi connectivity index (χ3v) is 4.97. The summed E-state index contributed by atoms with van der Waals surface area (Å²) in [6.45, 7) is 2.59. The van der Waals surface area contributed by atoms with Crippen molar-refractivity contribution in [1.29, 1.82) is 0 Å². The van der Waals surface area contributed by atoms with Gasteiger partial charge in [-0.05, 0) is 32.1 Å². The lowest BCUT2D eigenvalue weighted by Gasteiger charge is -2.37. The molecular weight excluding hydrogens is 332 g/mol. The van der Waals surface area contributed by atoms with Crippen LogP contribution in [0.4, 0.5) is 0 Å². The average molecular weight is 373 g/mol. The Kier molecular flexibility index (Phi) is 14.1. The molecule has 0 unspecified atom stereocenters. The molecule has 1 aliphatic heterocycles. The molecule has 1 saturated heterocycles. The van der Waals surface area contributed by atoms with Gasteiger partial charge in [0.15, 0.2) is 0 Å². The van der Waals surface area contributed by atoms with Crippen LogP contribution in [0, 0.1) is 0 Å². The van der Waals surface area contributed by atoms with E-state index in [1.165, 1.54) is 44.9 Å². The van der Waals surface area contributed by atoms with E-state index in [0.29, 0.717) is 6.61 Å². The third kappa shape index (κ3) is 10.0. The lowest BCUT2D eigenvalue weighted by atomic mass is 10.0. The van der Waals surface area contributed by atoms with Crippen LogP contribution in [-0.2, 0) is 9.47 Å². The summed E-state index contributed by atoms with van der Waals surface area (Å²) in [4.78, 5) is 0. The number of aliphatic hydroxyl groups excluding tert-OH is 3. The van der Waals surface area contributed by atoms with Crippen LogP contribution < -0.4 is 0 Å². The highest BCUT2D eigenvalue weighted by Crippen LogP contribution is 2.19. The molecule has 1 rings (SSSR count). The van der Waals surface area contributed by atoms with E-state index in [1.54, 1.807) is 0 Å². The van der Waals surface area contributed by atoms with Gasteiger partial charge in [-0.1, -0.05) is 57.6 Å². The molecule has 0 spiro atoms. The highest BCUT2D eigenvalue weighted by Gasteiger charge is 2.38. The van der Waals surface area contributed by atoms with Gasteiger partial charge < -0.3 is 24.8 Å². The molecule has 5 nitrogen and oxygen atoms in total. The van der Waals surface area contributed by atoms with E-state index in [-0.39, 0.29) is 13.2 Å². The molecule has 5 heteroatoms. The molecule has 154 valence electrons. The maximum atomic E-state index is 10.0. The van der Waals surface area contributed by atoms with Gasteiger partial charge in [0.05, 0.1) is 13.2 Å². The van der Waals surface area contributed by atoms with Crippen molar-refractivity contribution >= 4 is 0 Å². The van der Waals surface area contributed by atoms with Gasteiger partial charge in [0.25, 0.3) is 0 Å². The quantitative estimate of drug-likeness (QED) is 0.303. The molecule has 0 radical (unpaired) electrons. The fourth-order valence-electron chi connectivity index (χ4n) is 3.26. The smallest absolute Gasteiger partial charge is 0.114 e. The normalized spacial score (nSPS) is 26.6. The average Bonchev–Trinajstić information content (AvgIpc) is 2.64. The number of rotatable bonds is 15. The van der Waals surface area contributed by atoms with Crippen molar-refractivity contribution in [2.24, 2.45) is 0 Å². The summed E-state index contributed by atoms with van der Waals surface area (Å²) in [6.07, 6.45) is 14.9. The number of hydrogen-bond acceptors (Lipinski definition) is 5. The first kappa shape index (κ1) is 23.6. The number of hydrogen-bond donors (Lipinski definition) is 3. The predicted octanol–water partition coefficient (Wildman–Crippen LogP) is 3.35. The van der Waals surface area contributed by atoms with Crippen molar-refractivity contribution in [3.63, 3.8) is 0 Å². The molecule has 0 aromatic carbocycles. The van der Waals surface area contributed by atoms with Crippen molar-refractivity contribution in [3.8, 4) is 0 Å². The summed E-state index contributed by atoms with van der Waals surface area (Å²) in [5.41, 5.74) is 0. The molecule has 0 aromatic rings. The zero-order chi connectivity index (χ0) is 19.0. The fourth-order valence-corrected chi connectivity index (χ4v) is 3.26. The molecular formula is C21H40O5. The Labute approximate surface area is 159 Å². The Hall–Kier alpha value is -0.460. The van der Waals surface area contributed by atoms with Crippen LogP contribution in [0.1, 0.15) is 77.6 Å². The highest BCUT2D eigenvalue weighted by molar-refractivity contribution is 4.87. The van der Waals surface area contributed by atoms with E-state index in [4.69, 9.17) is 14.6 Å². The first-order chi connectivity index (χ1) is 12.7. The number of unbranched alkanes of at least 4 members (excludes halogenated alkanes) is 9. The second kappa shape index (κ2) is 15.6. The molecule has 1 aliphatic rings. The van der Waals surface area contributed by atoms with Crippen LogP contribution in [0.25, 0.3) is 0 Å². The van der Waals surface area contributed by atoms with Crippen molar-refractivity contribution < 1.29 is 24.8 Å². The molecule has 1 fully saturated rings. The van der Waals surface area contributed by atoms with Crippen molar-refractivity contribution in [1.82, 2.24) is 0 Å². The number of allylic oxidation sites excluding steroid dienone is 2. The number of aliphatic hydroxyl groups is 3. The summed E-state index contributed by atoms with van der Waals surface area (Å²) in [6, 6.07) is 0. The van der Waals surface area contributed by atoms with E-state index in [1.807, 2.05) is 0 Å². The van der Waals surface area contributed by atoms with E-state index in [9.17, 15) is 10.2 Å². The molecule has 4 atom stereocenters. The van der Waals surface area contributed by atoms with Gasteiger partial charge in [-0.15, -0.1) is 0 Å². The summed E-state index contributed by atoms with van der Waals surface area (Å²) in [5, 5.41) is 29.0. The van der Waals surface area contributed by atoms with E-state index >= 15 is 0 Å². The van der Waals surface area contributed by atoms with Crippen molar-refractivity contribution in [3.05, 3.63) is 12.2 Å². The Bertz CT molecular complexity index is 347. The van der Waals surface area contributed by atoms with Crippen LogP contribution in [-0.4, -0.2) is 59.6 Å².